The van der Waals surface area contributed by atoms with Crippen LogP contribution in [0.5, 0.6) is 0 Å². The minimum Gasteiger partial charge on any atom is -0.329 e. The number of hydrogen-bond donors (Lipinski definition) is 1. The predicted octanol–water partition coefficient (Wildman–Crippen LogP) is 0.790. The molecule has 0 bridgehead atoms. The molecule has 0 fully saturated rings. The molecule has 0 saturated carbocycles. The Morgan fingerprint density at radius 2 is 2.11 bits per heavy atom. The van der Waals surface area contributed by atoms with Gasteiger partial charge in [0.15, 0.2) is 5.82 Å². The Morgan fingerprint density at radius 3 is 2.89 bits per heavy atom. The molecule has 0 aliphatic rings. The van der Waals surface area contributed by atoms with Crippen molar-refractivity contribution in [2.24, 2.45) is 12.8 Å². The molecule has 1 aromatic carbocycles. The molecule has 6 nitrogen and oxygen atoms in total. The highest BCUT2D eigenvalue weighted by Crippen LogP contribution is 2.21. The van der Waals surface area contributed by atoms with Gasteiger partial charge in [-0.1, -0.05) is 17.3 Å². The second kappa shape index (κ2) is 4.23. The Bertz CT molecular complexity index is 681. The quantitative estimate of drug-likeness (QED) is 0.737. The van der Waals surface area contributed by atoms with Gasteiger partial charge < -0.3 is 10.3 Å². The van der Waals surface area contributed by atoms with Crippen molar-refractivity contribution in [3.63, 3.8) is 0 Å². The van der Waals surface area contributed by atoms with Gasteiger partial charge in [0.05, 0.1) is 23.8 Å². The van der Waals surface area contributed by atoms with Crippen LogP contribution in [0.4, 0.5) is 0 Å². The second-order valence-corrected chi connectivity index (χ2v) is 4.14. The number of aromatic nitrogens is 5. The average Bonchev–Trinajstić information content (AvgIpc) is 2.96. The van der Waals surface area contributed by atoms with E-state index in [4.69, 9.17) is 5.73 Å². The molecular formula is C12H14N6. The van der Waals surface area contributed by atoms with Gasteiger partial charge in [0.1, 0.15) is 5.69 Å². The number of nitrogens with two attached hydrogens (primary N) is 1. The van der Waals surface area contributed by atoms with Gasteiger partial charge in [0.2, 0.25) is 0 Å². The van der Waals surface area contributed by atoms with Crippen molar-refractivity contribution in [1.29, 1.82) is 0 Å². The van der Waals surface area contributed by atoms with Gasteiger partial charge in [-0.05, 0) is 12.1 Å². The summed E-state index contributed by atoms with van der Waals surface area (Å²) in [4.78, 5) is 4.57. The molecule has 2 N–H and O–H groups in total. The van der Waals surface area contributed by atoms with Gasteiger partial charge in [0, 0.05) is 13.6 Å². The lowest BCUT2D eigenvalue weighted by molar-refractivity contribution is 0.598. The van der Waals surface area contributed by atoms with Crippen LogP contribution < -0.4 is 5.73 Å². The van der Waals surface area contributed by atoms with Crippen LogP contribution in [0.1, 0.15) is 0 Å². The van der Waals surface area contributed by atoms with Gasteiger partial charge in [-0.2, -0.15) is 0 Å². The zero-order valence-electron chi connectivity index (χ0n) is 10.1. The smallest absolute Gasteiger partial charge is 0.163 e. The summed E-state index contributed by atoms with van der Waals surface area (Å²) in [6.45, 7) is 1.21. The molecule has 6 heteroatoms. The summed E-state index contributed by atoms with van der Waals surface area (Å²) in [5.41, 5.74) is 8.30. The molecule has 3 aromatic rings. The van der Waals surface area contributed by atoms with Crippen molar-refractivity contribution in [2.45, 2.75) is 6.54 Å². The van der Waals surface area contributed by atoms with Crippen LogP contribution in [0.3, 0.4) is 0 Å². The molecule has 0 aliphatic heterocycles. The molecule has 2 heterocycles. The third-order valence-electron chi connectivity index (χ3n) is 2.91. The normalized spacial score (nSPS) is 11.2. The molecule has 0 atom stereocenters. The average molecular weight is 242 g/mol. The first-order valence-electron chi connectivity index (χ1n) is 5.81. The molecule has 18 heavy (non-hydrogen) atoms. The molecule has 3 rings (SSSR count). The number of benzene rings is 1. The lowest BCUT2D eigenvalue weighted by atomic mass is 10.3. The van der Waals surface area contributed by atoms with Crippen LogP contribution in [-0.2, 0) is 13.6 Å². The van der Waals surface area contributed by atoms with Gasteiger partial charge in [-0.3, -0.25) is 4.68 Å². The van der Waals surface area contributed by atoms with Crippen LogP contribution in [0.15, 0.2) is 30.5 Å². The summed E-state index contributed by atoms with van der Waals surface area (Å²) in [5.74, 6) is 0.819. The molecule has 0 spiro atoms. The fourth-order valence-electron chi connectivity index (χ4n) is 2.02. The minimum absolute atomic E-state index is 0.547. The molecule has 2 aromatic heterocycles. The maximum atomic E-state index is 5.49. The number of aryl methyl sites for hydroxylation is 1. The zero-order chi connectivity index (χ0) is 12.5. The topological polar surface area (TPSA) is 74.5 Å². The Morgan fingerprint density at radius 1 is 1.28 bits per heavy atom. The van der Waals surface area contributed by atoms with E-state index in [2.05, 4.69) is 15.3 Å². The van der Waals surface area contributed by atoms with Crippen LogP contribution in [0, 0.1) is 0 Å². The van der Waals surface area contributed by atoms with Crippen LogP contribution in [0.2, 0.25) is 0 Å². The molecule has 92 valence electrons. The van der Waals surface area contributed by atoms with Crippen molar-refractivity contribution >= 4 is 11.0 Å². The number of para-hydroxylation sites is 2. The minimum atomic E-state index is 0.547. The van der Waals surface area contributed by atoms with Gasteiger partial charge in [0.25, 0.3) is 0 Å². The van der Waals surface area contributed by atoms with Crippen LogP contribution in [0.25, 0.3) is 22.6 Å². The highest BCUT2D eigenvalue weighted by molar-refractivity contribution is 5.79. The summed E-state index contributed by atoms with van der Waals surface area (Å²) >= 11 is 0. The monoisotopic (exact) mass is 242 g/mol. The number of hydrogen-bond acceptors (Lipinski definition) is 4. The van der Waals surface area contributed by atoms with E-state index in [-0.39, 0.29) is 0 Å². The van der Waals surface area contributed by atoms with Crippen LogP contribution >= 0.6 is 0 Å². The predicted molar refractivity (Wildman–Crippen MR) is 68.8 cm³/mol. The Balaban J connectivity index is 2.10. The van der Waals surface area contributed by atoms with E-state index in [1.165, 1.54) is 0 Å². The molecule has 0 saturated heterocycles. The summed E-state index contributed by atoms with van der Waals surface area (Å²) in [7, 11) is 1.98. The van der Waals surface area contributed by atoms with E-state index >= 15 is 0 Å². The van der Waals surface area contributed by atoms with Gasteiger partial charge in [-0.15, -0.1) is 5.10 Å². The summed E-state index contributed by atoms with van der Waals surface area (Å²) in [5, 5.41) is 8.16. The largest absolute Gasteiger partial charge is 0.329 e. The molecule has 0 aliphatic carbocycles. The molecule has 0 unspecified atom stereocenters. The molecule has 0 amide bonds. The fraction of sp³-hybridized carbons (Fsp3) is 0.250. The third-order valence-corrected chi connectivity index (χ3v) is 2.91. The summed E-state index contributed by atoms with van der Waals surface area (Å²) < 4.78 is 3.75. The van der Waals surface area contributed by atoms with E-state index in [0.29, 0.717) is 13.1 Å². The Hall–Kier alpha value is -2.21. The van der Waals surface area contributed by atoms with E-state index in [1.54, 1.807) is 4.68 Å². The lowest BCUT2D eigenvalue weighted by Crippen LogP contribution is -2.10. The number of rotatable bonds is 3. The maximum Gasteiger partial charge on any atom is 0.163 e. The first-order valence-corrected chi connectivity index (χ1v) is 5.81. The molecule has 0 radical (unpaired) electrons. The number of fused-ring (bicyclic) bond motifs is 1. The lowest BCUT2D eigenvalue weighted by Gasteiger charge is -1.97. The number of nitrogens with zero attached hydrogens (tertiary/aromatic N) is 5. The summed E-state index contributed by atoms with van der Waals surface area (Å²) in [6.07, 6.45) is 1.87. The SMILES string of the molecule is Cn1c(-c2cn(CCN)nn2)nc2ccccc21. The molecular weight excluding hydrogens is 228 g/mol. The standard InChI is InChI=1S/C12H14N6/c1-17-11-5-3-2-4-9(11)14-12(17)10-8-18(7-6-13)16-15-10/h2-5,8H,6-7,13H2,1H3. The van der Waals surface area contributed by atoms with Crippen molar-refractivity contribution in [3.8, 4) is 11.5 Å². The highest BCUT2D eigenvalue weighted by atomic mass is 15.4. The van der Waals surface area contributed by atoms with Crippen molar-refractivity contribution in [3.05, 3.63) is 30.5 Å². The van der Waals surface area contributed by atoms with Crippen molar-refractivity contribution < 1.29 is 0 Å². The van der Waals surface area contributed by atoms with E-state index in [0.717, 1.165) is 22.6 Å². The van der Waals surface area contributed by atoms with Crippen molar-refractivity contribution in [2.75, 3.05) is 6.54 Å². The van der Waals surface area contributed by atoms with E-state index in [9.17, 15) is 0 Å². The van der Waals surface area contributed by atoms with E-state index in [1.807, 2.05) is 42.1 Å². The first-order chi connectivity index (χ1) is 8.79. The summed E-state index contributed by atoms with van der Waals surface area (Å²) in [6, 6.07) is 8.00. The zero-order valence-corrected chi connectivity index (χ0v) is 10.1. The van der Waals surface area contributed by atoms with Gasteiger partial charge >= 0.3 is 0 Å². The maximum absolute atomic E-state index is 5.49. The fourth-order valence-corrected chi connectivity index (χ4v) is 2.02. The number of imidazole rings is 1. The second-order valence-electron chi connectivity index (χ2n) is 4.14. The van der Waals surface area contributed by atoms with Gasteiger partial charge in [-0.25, -0.2) is 4.98 Å². The first kappa shape index (κ1) is 10.9. The third kappa shape index (κ3) is 1.67. The van der Waals surface area contributed by atoms with Crippen molar-refractivity contribution in [1.82, 2.24) is 24.5 Å². The van der Waals surface area contributed by atoms with Crippen LogP contribution in [-0.4, -0.2) is 31.1 Å². The Labute approximate surface area is 104 Å². The highest BCUT2D eigenvalue weighted by Gasteiger charge is 2.12. The Kier molecular flexibility index (Phi) is 2.56. The van der Waals surface area contributed by atoms with E-state index < -0.39 is 0 Å².